The number of aryl methyl sites for hydroxylation is 1. The van der Waals surface area contributed by atoms with Crippen molar-refractivity contribution in [2.45, 2.75) is 38.8 Å². The maximum atomic E-state index is 10.1. The van der Waals surface area contributed by atoms with Crippen LogP contribution in [0.1, 0.15) is 25.8 Å². The molecule has 0 aliphatic carbocycles. The lowest BCUT2D eigenvalue weighted by molar-refractivity contribution is 0.173. The third kappa shape index (κ3) is 3.47. The van der Waals surface area contributed by atoms with Gasteiger partial charge in [0.25, 0.3) is 0 Å². The van der Waals surface area contributed by atoms with Gasteiger partial charge in [0.1, 0.15) is 0 Å². The van der Waals surface area contributed by atoms with E-state index in [0.29, 0.717) is 12.6 Å². The van der Waals surface area contributed by atoms with E-state index in [2.05, 4.69) is 48.3 Å². The second-order valence-corrected chi connectivity index (χ2v) is 5.40. The molecule has 1 aliphatic heterocycles. The number of nitrogens with one attached hydrogen (secondary N) is 1. The van der Waals surface area contributed by atoms with Gasteiger partial charge in [0, 0.05) is 31.4 Å². The lowest BCUT2D eigenvalue weighted by Crippen LogP contribution is -2.42. The molecular formula is C15H24N2O. The summed E-state index contributed by atoms with van der Waals surface area (Å²) in [5, 5.41) is 13.4. The number of nitrogens with zero attached hydrogens (tertiary/aromatic N) is 1. The molecule has 0 amide bonds. The minimum absolute atomic E-state index is 0.307. The number of hydrogen-bond donors (Lipinski definition) is 2. The topological polar surface area (TPSA) is 35.5 Å². The van der Waals surface area contributed by atoms with Gasteiger partial charge < -0.3 is 15.3 Å². The Morgan fingerprint density at radius 1 is 1.33 bits per heavy atom. The van der Waals surface area contributed by atoms with Crippen LogP contribution in [0.25, 0.3) is 0 Å². The number of aliphatic hydroxyl groups is 1. The first kappa shape index (κ1) is 13.4. The molecule has 0 spiro atoms. The summed E-state index contributed by atoms with van der Waals surface area (Å²) in [7, 11) is 0. The largest absolute Gasteiger partial charge is 0.390 e. The minimum Gasteiger partial charge on any atom is -0.390 e. The fourth-order valence-corrected chi connectivity index (χ4v) is 2.49. The molecule has 100 valence electrons. The molecule has 0 fully saturated rings. The van der Waals surface area contributed by atoms with Crippen LogP contribution in [0.5, 0.6) is 0 Å². The number of anilines is 1. The fourth-order valence-electron chi connectivity index (χ4n) is 2.49. The third-order valence-corrected chi connectivity index (χ3v) is 3.40. The van der Waals surface area contributed by atoms with Crippen molar-refractivity contribution < 1.29 is 5.11 Å². The molecule has 3 nitrogen and oxygen atoms in total. The third-order valence-electron chi connectivity index (χ3n) is 3.40. The van der Waals surface area contributed by atoms with E-state index in [4.69, 9.17) is 0 Å². The Balaban J connectivity index is 1.94. The molecule has 1 aliphatic rings. The molecule has 0 saturated carbocycles. The molecule has 3 heteroatoms. The lowest BCUT2D eigenvalue weighted by Gasteiger charge is -2.33. The maximum absolute atomic E-state index is 10.1. The van der Waals surface area contributed by atoms with Crippen LogP contribution in [0.4, 0.5) is 5.69 Å². The van der Waals surface area contributed by atoms with Crippen LogP contribution in [0, 0.1) is 0 Å². The summed E-state index contributed by atoms with van der Waals surface area (Å²) in [4.78, 5) is 2.31. The van der Waals surface area contributed by atoms with Crippen LogP contribution in [0.3, 0.4) is 0 Å². The van der Waals surface area contributed by atoms with Gasteiger partial charge in [-0.05, 0) is 24.5 Å². The molecule has 1 aromatic carbocycles. The summed E-state index contributed by atoms with van der Waals surface area (Å²) in [5.74, 6) is 0. The molecular weight excluding hydrogens is 224 g/mol. The monoisotopic (exact) mass is 248 g/mol. The number of benzene rings is 1. The van der Waals surface area contributed by atoms with Crippen molar-refractivity contribution in [2.24, 2.45) is 0 Å². The van der Waals surface area contributed by atoms with Gasteiger partial charge in [-0.15, -0.1) is 0 Å². The van der Waals surface area contributed by atoms with Crippen LogP contribution >= 0.6 is 0 Å². The highest BCUT2D eigenvalue weighted by Gasteiger charge is 2.18. The molecule has 2 N–H and O–H groups in total. The van der Waals surface area contributed by atoms with Crippen molar-refractivity contribution in [1.82, 2.24) is 5.32 Å². The van der Waals surface area contributed by atoms with Crippen LogP contribution in [-0.4, -0.2) is 36.9 Å². The zero-order chi connectivity index (χ0) is 13.0. The summed E-state index contributed by atoms with van der Waals surface area (Å²) < 4.78 is 0. The molecule has 18 heavy (non-hydrogen) atoms. The SMILES string of the molecule is CC(C)NCC(O)CN1CCCc2ccccc21. The zero-order valence-electron chi connectivity index (χ0n) is 11.4. The van der Waals surface area contributed by atoms with Gasteiger partial charge in [-0.3, -0.25) is 0 Å². The van der Waals surface area contributed by atoms with Crippen molar-refractivity contribution in [2.75, 3.05) is 24.5 Å². The van der Waals surface area contributed by atoms with E-state index in [1.165, 1.54) is 17.7 Å². The predicted octanol–water partition coefficient (Wildman–Crippen LogP) is 1.80. The first-order valence-electron chi connectivity index (χ1n) is 6.91. The molecule has 2 rings (SSSR count). The van der Waals surface area contributed by atoms with Gasteiger partial charge in [-0.2, -0.15) is 0 Å². The predicted molar refractivity (Wildman–Crippen MR) is 76.1 cm³/mol. The highest BCUT2D eigenvalue weighted by molar-refractivity contribution is 5.55. The number of fused-ring (bicyclic) bond motifs is 1. The Kier molecular flexibility index (Phi) is 4.61. The Morgan fingerprint density at radius 3 is 2.89 bits per heavy atom. The highest BCUT2D eigenvalue weighted by Crippen LogP contribution is 2.26. The zero-order valence-corrected chi connectivity index (χ0v) is 11.4. The number of hydrogen-bond acceptors (Lipinski definition) is 3. The second-order valence-electron chi connectivity index (χ2n) is 5.40. The lowest BCUT2D eigenvalue weighted by atomic mass is 10.0. The molecule has 0 aromatic heterocycles. The van der Waals surface area contributed by atoms with E-state index in [1.807, 2.05) is 0 Å². The van der Waals surface area contributed by atoms with Gasteiger partial charge in [-0.25, -0.2) is 0 Å². The van der Waals surface area contributed by atoms with E-state index in [1.54, 1.807) is 0 Å². The standard InChI is InChI=1S/C15H24N2O/c1-12(2)16-10-14(18)11-17-9-5-7-13-6-3-4-8-15(13)17/h3-4,6,8,12,14,16,18H,5,7,9-11H2,1-2H3. The van der Waals surface area contributed by atoms with E-state index >= 15 is 0 Å². The van der Waals surface area contributed by atoms with Gasteiger partial charge in [0.2, 0.25) is 0 Å². The van der Waals surface area contributed by atoms with Crippen LogP contribution in [0.2, 0.25) is 0 Å². The number of rotatable bonds is 5. The summed E-state index contributed by atoms with van der Waals surface area (Å²) in [6.45, 7) is 6.63. The van der Waals surface area contributed by atoms with Crippen molar-refractivity contribution in [3.8, 4) is 0 Å². The van der Waals surface area contributed by atoms with Gasteiger partial charge in [0.05, 0.1) is 6.10 Å². The average molecular weight is 248 g/mol. The summed E-state index contributed by atoms with van der Waals surface area (Å²) in [6.07, 6.45) is 2.03. The Bertz CT molecular complexity index is 379. The summed E-state index contributed by atoms with van der Waals surface area (Å²) in [6, 6.07) is 8.96. The Labute approximate surface area is 110 Å². The quantitative estimate of drug-likeness (QED) is 0.834. The molecule has 0 radical (unpaired) electrons. The van der Waals surface area contributed by atoms with E-state index in [9.17, 15) is 5.11 Å². The second kappa shape index (κ2) is 6.21. The molecule has 1 atom stereocenters. The normalized spacial score (nSPS) is 16.8. The minimum atomic E-state index is -0.307. The summed E-state index contributed by atoms with van der Waals surface area (Å²) in [5.41, 5.74) is 2.71. The van der Waals surface area contributed by atoms with Crippen LogP contribution < -0.4 is 10.2 Å². The van der Waals surface area contributed by atoms with E-state index < -0.39 is 0 Å². The van der Waals surface area contributed by atoms with Crippen molar-refractivity contribution >= 4 is 5.69 Å². The highest BCUT2D eigenvalue weighted by atomic mass is 16.3. The summed E-state index contributed by atoms with van der Waals surface area (Å²) >= 11 is 0. The average Bonchev–Trinajstić information content (AvgIpc) is 2.37. The molecule has 1 aromatic rings. The van der Waals surface area contributed by atoms with Gasteiger partial charge in [0.15, 0.2) is 0 Å². The first-order valence-corrected chi connectivity index (χ1v) is 6.91. The van der Waals surface area contributed by atoms with Crippen LogP contribution in [-0.2, 0) is 6.42 Å². The smallest absolute Gasteiger partial charge is 0.0839 e. The molecule has 0 bridgehead atoms. The van der Waals surface area contributed by atoms with E-state index in [-0.39, 0.29) is 6.10 Å². The van der Waals surface area contributed by atoms with Gasteiger partial charge >= 0.3 is 0 Å². The first-order chi connectivity index (χ1) is 8.66. The van der Waals surface area contributed by atoms with Crippen LogP contribution in [0.15, 0.2) is 24.3 Å². The maximum Gasteiger partial charge on any atom is 0.0839 e. The Morgan fingerprint density at radius 2 is 2.11 bits per heavy atom. The number of β-amino-alcohol motifs (C(OH)–C–C–N with tert-alkyl or cyclic N) is 1. The Hall–Kier alpha value is -1.06. The number of para-hydroxylation sites is 1. The van der Waals surface area contributed by atoms with Gasteiger partial charge in [-0.1, -0.05) is 32.0 Å². The molecule has 1 heterocycles. The van der Waals surface area contributed by atoms with Crippen molar-refractivity contribution in [3.63, 3.8) is 0 Å². The number of aliphatic hydroxyl groups excluding tert-OH is 1. The van der Waals surface area contributed by atoms with Crippen molar-refractivity contribution in [3.05, 3.63) is 29.8 Å². The van der Waals surface area contributed by atoms with Crippen molar-refractivity contribution in [1.29, 1.82) is 0 Å². The van der Waals surface area contributed by atoms with E-state index in [0.717, 1.165) is 19.5 Å². The molecule has 0 saturated heterocycles. The molecule has 1 unspecified atom stereocenters. The fraction of sp³-hybridized carbons (Fsp3) is 0.600.